The molecule has 1 saturated heterocycles. The minimum Gasteiger partial charge on any atom is -0.353 e. The van der Waals surface area contributed by atoms with Gasteiger partial charge in [-0.3, -0.25) is 14.4 Å². The molecule has 2 N–H and O–H groups in total. The number of nitrogens with one attached hydrogen (secondary N) is 2. The number of nitrogens with zero attached hydrogens (tertiary/aromatic N) is 1. The smallest absolute Gasteiger partial charge is 0.253 e. The topological polar surface area (TPSA) is 78.5 Å². The predicted molar refractivity (Wildman–Crippen MR) is 114 cm³/mol. The number of piperidine rings is 1. The standard InChI is InChI=1S/C23H33N3O3/c1-17(27)24-21-9-5-8-19(16-21)23(29)26-14-12-20(13-15-26)25-22(28)11-10-18-6-3-2-4-7-18/h5,8-9,16,18,20H,2-4,6-7,10-15H2,1H3,(H,24,27)(H,25,28). The summed E-state index contributed by atoms with van der Waals surface area (Å²) in [5.74, 6) is 0.694. The Morgan fingerprint density at radius 1 is 1.03 bits per heavy atom. The zero-order chi connectivity index (χ0) is 20.6. The SMILES string of the molecule is CC(=O)Nc1cccc(C(=O)N2CCC(NC(=O)CCC3CCCCC3)CC2)c1. The summed E-state index contributed by atoms with van der Waals surface area (Å²) >= 11 is 0. The molecule has 29 heavy (non-hydrogen) atoms. The summed E-state index contributed by atoms with van der Waals surface area (Å²) in [6, 6.07) is 7.18. The van der Waals surface area contributed by atoms with Crippen LogP contribution in [0.15, 0.2) is 24.3 Å². The van der Waals surface area contributed by atoms with Crippen LogP contribution in [0.1, 0.15) is 75.1 Å². The van der Waals surface area contributed by atoms with Crippen molar-refractivity contribution in [1.82, 2.24) is 10.2 Å². The summed E-state index contributed by atoms with van der Waals surface area (Å²) < 4.78 is 0. The van der Waals surface area contributed by atoms with Crippen LogP contribution in [-0.4, -0.2) is 41.8 Å². The third kappa shape index (κ3) is 6.58. The highest BCUT2D eigenvalue weighted by molar-refractivity contribution is 5.96. The molecule has 6 heteroatoms. The van der Waals surface area contributed by atoms with Gasteiger partial charge in [0.1, 0.15) is 0 Å². The molecule has 1 aromatic rings. The fourth-order valence-corrected chi connectivity index (χ4v) is 4.45. The molecular formula is C23H33N3O3. The Bertz CT molecular complexity index is 720. The first kappa shape index (κ1) is 21.3. The average molecular weight is 400 g/mol. The van der Waals surface area contributed by atoms with Crippen molar-refractivity contribution in [3.05, 3.63) is 29.8 Å². The Labute approximate surface area is 173 Å². The maximum absolute atomic E-state index is 12.8. The van der Waals surface area contributed by atoms with Crippen molar-refractivity contribution >= 4 is 23.4 Å². The quantitative estimate of drug-likeness (QED) is 0.765. The Morgan fingerprint density at radius 2 is 1.76 bits per heavy atom. The van der Waals surface area contributed by atoms with Gasteiger partial charge in [0, 0.05) is 43.7 Å². The largest absolute Gasteiger partial charge is 0.353 e. The van der Waals surface area contributed by atoms with Gasteiger partial charge in [-0.15, -0.1) is 0 Å². The van der Waals surface area contributed by atoms with E-state index in [1.54, 1.807) is 24.3 Å². The highest BCUT2D eigenvalue weighted by Gasteiger charge is 2.25. The predicted octanol–water partition coefficient (Wildman–Crippen LogP) is 3.73. The summed E-state index contributed by atoms with van der Waals surface area (Å²) in [5.41, 5.74) is 1.20. The van der Waals surface area contributed by atoms with E-state index in [2.05, 4.69) is 10.6 Å². The van der Waals surface area contributed by atoms with Crippen LogP contribution in [0.2, 0.25) is 0 Å². The highest BCUT2D eigenvalue weighted by atomic mass is 16.2. The summed E-state index contributed by atoms with van der Waals surface area (Å²) in [7, 11) is 0. The molecule has 2 aliphatic rings. The van der Waals surface area contributed by atoms with Gasteiger partial charge in [0.25, 0.3) is 5.91 Å². The van der Waals surface area contributed by atoms with Gasteiger partial charge >= 0.3 is 0 Å². The van der Waals surface area contributed by atoms with Gasteiger partial charge in [-0.25, -0.2) is 0 Å². The molecule has 158 valence electrons. The maximum atomic E-state index is 12.8. The minimum absolute atomic E-state index is 0.0284. The second-order valence-electron chi connectivity index (χ2n) is 8.44. The van der Waals surface area contributed by atoms with Crippen LogP contribution >= 0.6 is 0 Å². The van der Waals surface area contributed by atoms with E-state index >= 15 is 0 Å². The maximum Gasteiger partial charge on any atom is 0.253 e. The lowest BCUT2D eigenvalue weighted by atomic mass is 9.86. The molecule has 3 rings (SSSR count). The van der Waals surface area contributed by atoms with Crippen molar-refractivity contribution in [2.75, 3.05) is 18.4 Å². The number of carbonyl (C=O) groups is 3. The molecule has 1 aromatic carbocycles. The molecule has 0 spiro atoms. The fourth-order valence-electron chi connectivity index (χ4n) is 4.45. The number of likely N-dealkylation sites (tertiary alicyclic amines) is 1. The first-order valence-electron chi connectivity index (χ1n) is 11.0. The van der Waals surface area contributed by atoms with E-state index in [4.69, 9.17) is 0 Å². The number of anilines is 1. The molecule has 2 fully saturated rings. The normalized spacial score (nSPS) is 18.3. The Morgan fingerprint density at radius 3 is 2.45 bits per heavy atom. The molecule has 0 bridgehead atoms. The second-order valence-corrected chi connectivity index (χ2v) is 8.44. The van der Waals surface area contributed by atoms with E-state index in [1.807, 2.05) is 4.90 Å². The molecule has 0 radical (unpaired) electrons. The van der Waals surface area contributed by atoms with Crippen molar-refractivity contribution in [2.45, 2.75) is 70.8 Å². The van der Waals surface area contributed by atoms with Crippen LogP contribution in [0.4, 0.5) is 5.69 Å². The summed E-state index contributed by atoms with van der Waals surface area (Å²) in [4.78, 5) is 38.1. The van der Waals surface area contributed by atoms with Gasteiger partial charge < -0.3 is 15.5 Å². The molecule has 1 saturated carbocycles. The number of benzene rings is 1. The molecule has 6 nitrogen and oxygen atoms in total. The molecular weight excluding hydrogens is 366 g/mol. The van der Waals surface area contributed by atoms with Gasteiger partial charge in [-0.2, -0.15) is 0 Å². The molecule has 0 aromatic heterocycles. The zero-order valence-electron chi connectivity index (χ0n) is 17.4. The average Bonchev–Trinajstić information content (AvgIpc) is 2.73. The number of hydrogen-bond acceptors (Lipinski definition) is 3. The first-order valence-corrected chi connectivity index (χ1v) is 11.0. The molecule has 0 unspecified atom stereocenters. The number of carbonyl (C=O) groups excluding carboxylic acids is 3. The monoisotopic (exact) mass is 399 g/mol. The first-order chi connectivity index (χ1) is 14.0. The van der Waals surface area contributed by atoms with E-state index in [-0.39, 0.29) is 23.8 Å². The van der Waals surface area contributed by atoms with Gasteiger partial charge in [-0.05, 0) is 43.4 Å². The van der Waals surface area contributed by atoms with E-state index in [1.165, 1.54) is 39.0 Å². The van der Waals surface area contributed by atoms with Crippen LogP contribution in [0.25, 0.3) is 0 Å². The summed E-state index contributed by atoms with van der Waals surface area (Å²) in [5, 5.41) is 5.87. The Kier molecular flexibility index (Phi) is 7.67. The van der Waals surface area contributed by atoms with Gasteiger partial charge in [0.2, 0.25) is 11.8 Å². The lowest BCUT2D eigenvalue weighted by Crippen LogP contribution is -2.46. The number of hydrogen-bond donors (Lipinski definition) is 2. The van der Waals surface area contributed by atoms with Gasteiger partial charge in [0.15, 0.2) is 0 Å². The van der Waals surface area contributed by atoms with Gasteiger partial charge in [0.05, 0.1) is 0 Å². The van der Waals surface area contributed by atoms with Crippen LogP contribution in [0, 0.1) is 5.92 Å². The van der Waals surface area contributed by atoms with Crippen molar-refractivity contribution in [1.29, 1.82) is 0 Å². The van der Waals surface area contributed by atoms with E-state index in [0.717, 1.165) is 25.2 Å². The van der Waals surface area contributed by atoms with E-state index in [0.29, 0.717) is 30.8 Å². The summed E-state index contributed by atoms with van der Waals surface area (Å²) in [6.07, 6.45) is 9.72. The molecule has 1 heterocycles. The Hall–Kier alpha value is -2.37. The fraction of sp³-hybridized carbons (Fsp3) is 0.609. The van der Waals surface area contributed by atoms with Crippen molar-refractivity contribution in [3.8, 4) is 0 Å². The highest BCUT2D eigenvalue weighted by Crippen LogP contribution is 2.27. The van der Waals surface area contributed by atoms with Crippen molar-refractivity contribution in [2.24, 2.45) is 5.92 Å². The van der Waals surface area contributed by atoms with Crippen LogP contribution in [0.5, 0.6) is 0 Å². The van der Waals surface area contributed by atoms with Gasteiger partial charge in [-0.1, -0.05) is 38.2 Å². The molecule has 0 atom stereocenters. The summed E-state index contributed by atoms with van der Waals surface area (Å²) in [6.45, 7) is 2.72. The zero-order valence-corrected chi connectivity index (χ0v) is 17.4. The van der Waals surface area contributed by atoms with Crippen LogP contribution < -0.4 is 10.6 Å². The third-order valence-corrected chi connectivity index (χ3v) is 6.08. The van der Waals surface area contributed by atoms with Crippen LogP contribution in [-0.2, 0) is 9.59 Å². The molecule has 1 aliphatic heterocycles. The van der Waals surface area contributed by atoms with Crippen LogP contribution in [0.3, 0.4) is 0 Å². The van der Waals surface area contributed by atoms with E-state index in [9.17, 15) is 14.4 Å². The Balaban J connectivity index is 1.42. The minimum atomic E-state index is -0.158. The van der Waals surface area contributed by atoms with Crippen molar-refractivity contribution < 1.29 is 14.4 Å². The lowest BCUT2D eigenvalue weighted by molar-refractivity contribution is -0.122. The third-order valence-electron chi connectivity index (χ3n) is 6.08. The number of rotatable bonds is 6. The van der Waals surface area contributed by atoms with Crippen molar-refractivity contribution in [3.63, 3.8) is 0 Å². The van der Waals surface area contributed by atoms with E-state index < -0.39 is 0 Å². The number of amides is 3. The lowest BCUT2D eigenvalue weighted by Gasteiger charge is -2.32. The second kappa shape index (κ2) is 10.4. The molecule has 3 amide bonds. The molecule has 1 aliphatic carbocycles.